The highest BCUT2D eigenvalue weighted by molar-refractivity contribution is 7.86. The predicted octanol–water partition coefficient (Wildman–Crippen LogP) is 1.98. The average Bonchev–Trinajstić information content (AvgIpc) is 2.54. The van der Waals surface area contributed by atoms with E-state index in [1.807, 2.05) is 0 Å². The first kappa shape index (κ1) is 17.7. The first-order valence-corrected chi connectivity index (χ1v) is 8.94. The molecule has 1 aromatic rings. The van der Waals surface area contributed by atoms with Crippen LogP contribution in [-0.4, -0.2) is 31.5 Å². The molecule has 0 spiro atoms. The van der Waals surface area contributed by atoms with Crippen molar-refractivity contribution in [3.05, 3.63) is 42.5 Å². The second-order valence-electron chi connectivity index (χ2n) is 5.79. The maximum absolute atomic E-state index is 12.2. The zero-order valence-corrected chi connectivity index (χ0v) is 14.0. The van der Waals surface area contributed by atoms with E-state index < -0.39 is 10.1 Å². The van der Waals surface area contributed by atoms with Crippen molar-refractivity contribution in [2.24, 2.45) is 5.84 Å². The molecule has 0 aliphatic heterocycles. The maximum Gasteiger partial charge on any atom is 0.297 e. The number of hydrazine groups is 1. The Morgan fingerprint density at radius 2 is 1.78 bits per heavy atom. The number of amides is 1. The van der Waals surface area contributed by atoms with Gasteiger partial charge in [0.1, 0.15) is 0 Å². The van der Waals surface area contributed by atoms with E-state index in [0.717, 1.165) is 0 Å². The van der Waals surface area contributed by atoms with E-state index in [1.54, 1.807) is 25.1 Å². The predicted molar refractivity (Wildman–Crippen MR) is 86.6 cm³/mol. The Hall–Kier alpha value is -1.70. The van der Waals surface area contributed by atoms with Crippen LogP contribution in [0.4, 0.5) is 0 Å². The van der Waals surface area contributed by atoms with Gasteiger partial charge < -0.3 is 0 Å². The van der Waals surface area contributed by atoms with Crippen LogP contribution in [0.1, 0.15) is 32.6 Å². The van der Waals surface area contributed by atoms with Crippen LogP contribution >= 0.6 is 0 Å². The summed E-state index contributed by atoms with van der Waals surface area (Å²) < 4.78 is 29.7. The van der Waals surface area contributed by atoms with Crippen LogP contribution in [0, 0.1) is 0 Å². The molecule has 1 aliphatic rings. The highest BCUT2D eigenvalue weighted by Gasteiger charge is 2.30. The first-order chi connectivity index (χ1) is 10.8. The zero-order valence-electron chi connectivity index (χ0n) is 13.1. The normalized spacial score (nSPS) is 21.7. The third-order valence-corrected chi connectivity index (χ3v) is 5.31. The topological polar surface area (TPSA) is 89.7 Å². The van der Waals surface area contributed by atoms with Gasteiger partial charge in [-0.3, -0.25) is 14.0 Å². The smallest absolute Gasteiger partial charge is 0.274 e. The molecule has 1 aliphatic carbocycles. The fourth-order valence-electron chi connectivity index (χ4n) is 2.63. The Labute approximate surface area is 137 Å². The third-order valence-electron chi connectivity index (χ3n) is 3.93. The van der Waals surface area contributed by atoms with Crippen molar-refractivity contribution in [3.8, 4) is 0 Å². The largest absolute Gasteiger partial charge is 0.297 e. The Bertz CT molecular complexity index is 665. The quantitative estimate of drug-likeness (QED) is 0.291. The minimum atomic E-state index is -3.75. The Morgan fingerprint density at radius 1 is 1.22 bits per heavy atom. The van der Waals surface area contributed by atoms with Crippen LogP contribution in [0.5, 0.6) is 0 Å². The molecule has 0 aromatic heterocycles. The lowest BCUT2D eigenvalue weighted by Crippen LogP contribution is -2.48. The Kier molecular flexibility index (Phi) is 5.56. The van der Waals surface area contributed by atoms with E-state index in [-0.39, 0.29) is 22.9 Å². The van der Waals surface area contributed by atoms with Crippen LogP contribution in [0.15, 0.2) is 47.4 Å². The summed E-state index contributed by atoms with van der Waals surface area (Å²) in [7, 11) is -3.75. The SMILES string of the molecule is C=C(C)C(=O)N(N)C1CCC(OS(=O)(=O)c2ccccc2)CC1. The highest BCUT2D eigenvalue weighted by atomic mass is 32.2. The molecule has 0 radical (unpaired) electrons. The van der Waals surface area contributed by atoms with Crippen molar-refractivity contribution in [3.63, 3.8) is 0 Å². The second kappa shape index (κ2) is 7.25. The molecule has 0 saturated heterocycles. The lowest BCUT2D eigenvalue weighted by molar-refractivity contribution is -0.130. The molecule has 0 heterocycles. The third kappa shape index (κ3) is 4.40. The molecule has 0 unspecified atom stereocenters. The van der Waals surface area contributed by atoms with E-state index in [0.29, 0.717) is 31.3 Å². The fourth-order valence-corrected chi connectivity index (χ4v) is 3.78. The Balaban J connectivity index is 1.93. The van der Waals surface area contributed by atoms with E-state index in [2.05, 4.69) is 6.58 Å². The molecule has 1 amide bonds. The summed E-state index contributed by atoms with van der Waals surface area (Å²) in [6.07, 6.45) is 1.89. The molecule has 0 bridgehead atoms. The number of hydrogen-bond donors (Lipinski definition) is 1. The number of benzene rings is 1. The lowest BCUT2D eigenvalue weighted by atomic mass is 9.92. The molecular weight excluding hydrogens is 316 g/mol. The van der Waals surface area contributed by atoms with Gasteiger partial charge in [-0.05, 0) is 44.7 Å². The summed E-state index contributed by atoms with van der Waals surface area (Å²) in [4.78, 5) is 12.0. The molecule has 1 saturated carbocycles. The van der Waals surface area contributed by atoms with Crippen molar-refractivity contribution in [1.29, 1.82) is 0 Å². The van der Waals surface area contributed by atoms with E-state index in [1.165, 1.54) is 17.1 Å². The van der Waals surface area contributed by atoms with Crippen molar-refractivity contribution in [2.45, 2.75) is 49.6 Å². The molecule has 2 rings (SSSR count). The van der Waals surface area contributed by atoms with Crippen LogP contribution in [0.2, 0.25) is 0 Å². The number of carbonyl (C=O) groups excluding carboxylic acids is 1. The van der Waals surface area contributed by atoms with Gasteiger partial charge >= 0.3 is 0 Å². The monoisotopic (exact) mass is 338 g/mol. The molecule has 1 fully saturated rings. The number of rotatable bonds is 5. The zero-order chi connectivity index (χ0) is 17.0. The standard InChI is InChI=1S/C16H22N2O4S/c1-12(2)16(19)18(17)13-8-10-14(11-9-13)22-23(20,21)15-6-4-3-5-7-15/h3-7,13-14H,1,8-11,17H2,2H3. The average molecular weight is 338 g/mol. The van der Waals surface area contributed by atoms with Crippen molar-refractivity contribution >= 4 is 16.0 Å². The van der Waals surface area contributed by atoms with Gasteiger partial charge in [0.15, 0.2) is 0 Å². The second-order valence-corrected chi connectivity index (χ2v) is 7.36. The Morgan fingerprint density at radius 3 is 2.30 bits per heavy atom. The fraction of sp³-hybridized carbons (Fsp3) is 0.438. The first-order valence-electron chi connectivity index (χ1n) is 7.53. The summed E-state index contributed by atoms with van der Waals surface area (Å²) in [6.45, 7) is 5.21. The minimum Gasteiger partial charge on any atom is -0.274 e. The van der Waals surface area contributed by atoms with Crippen LogP contribution in [0.25, 0.3) is 0 Å². The van der Waals surface area contributed by atoms with Gasteiger partial charge in [-0.1, -0.05) is 24.8 Å². The summed E-state index contributed by atoms with van der Waals surface area (Å²) in [6, 6.07) is 7.96. The number of nitrogens with two attached hydrogens (primary N) is 1. The highest BCUT2D eigenvalue weighted by Crippen LogP contribution is 2.27. The molecule has 126 valence electrons. The van der Waals surface area contributed by atoms with E-state index >= 15 is 0 Å². The van der Waals surface area contributed by atoms with Gasteiger partial charge in [-0.15, -0.1) is 0 Å². The van der Waals surface area contributed by atoms with Crippen LogP contribution < -0.4 is 5.84 Å². The lowest BCUT2D eigenvalue weighted by Gasteiger charge is -2.33. The summed E-state index contributed by atoms with van der Waals surface area (Å²) in [5.74, 6) is 5.53. The van der Waals surface area contributed by atoms with Gasteiger partial charge in [0.25, 0.3) is 16.0 Å². The van der Waals surface area contributed by atoms with Crippen molar-refractivity contribution in [2.75, 3.05) is 0 Å². The van der Waals surface area contributed by atoms with Gasteiger partial charge in [-0.2, -0.15) is 8.42 Å². The summed E-state index contributed by atoms with van der Waals surface area (Å²) in [5.41, 5.74) is 0.387. The minimum absolute atomic E-state index is 0.113. The molecule has 0 atom stereocenters. The molecule has 7 heteroatoms. The molecule has 1 aromatic carbocycles. The summed E-state index contributed by atoms with van der Waals surface area (Å²) >= 11 is 0. The van der Waals surface area contributed by atoms with Gasteiger partial charge in [0.2, 0.25) is 0 Å². The molecular formula is C16H22N2O4S. The maximum atomic E-state index is 12.2. The van der Waals surface area contributed by atoms with Crippen LogP contribution in [0.3, 0.4) is 0 Å². The van der Waals surface area contributed by atoms with Gasteiger partial charge in [0.05, 0.1) is 11.0 Å². The van der Waals surface area contributed by atoms with Crippen LogP contribution in [-0.2, 0) is 19.1 Å². The summed E-state index contributed by atoms with van der Waals surface area (Å²) in [5, 5.41) is 1.20. The number of hydrogen-bond acceptors (Lipinski definition) is 5. The molecule has 6 nitrogen and oxygen atoms in total. The number of nitrogens with zero attached hydrogens (tertiary/aromatic N) is 1. The number of carbonyl (C=O) groups is 1. The van der Waals surface area contributed by atoms with Crippen molar-refractivity contribution in [1.82, 2.24) is 5.01 Å². The van der Waals surface area contributed by atoms with Crippen molar-refractivity contribution < 1.29 is 17.4 Å². The van der Waals surface area contributed by atoms with E-state index in [9.17, 15) is 13.2 Å². The van der Waals surface area contributed by atoms with E-state index in [4.69, 9.17) is 10.0 Å². The molecule has 2 N–H and O–H groups in total. The van der Waals surface area contributed by atoms with Gasteiger partial charge in [-0.25, -0.2) is 5.84 Å². The van der Waals surface area contributed by atoms with Gasteiger partial charge in [0, 0.05) is 11.6 Å². The molecule has 23 heavy (non-hydrogen) atoms.